The Balaban J connectivity index is 1.48. The Labute approximate surface area is 159 Å². The van der Waals surface area contributed by atoms with Gasteiger partial charge in [-0.15, -0.1) is 0 Å². The van der Waals surface area contributed by atoms with Crippen LogP contribution < -0.4 is 5.32 Å². The van der Waals surface area contributed by atoms with Gasteiger partial charge in [0.2, 0.25) is 5.91 Å². The predicted molar refractivity (Wildman–Crippen MR) is 98.6 cm³/mol. The molecule has 2 atom stereocenters. The monoisotopic (exact) mass is 371 g/mol. The number of nitrogens with zero attached hydrogens (tertiary/aromatic N) is 3. The van der Waals surface area contributed by atoms with Crippen LogP contribution in [0.5, 0.6) is 0 Å². The molecule has 7 heteroatoms. The number of urea groups is 1. The molecule has 0 radical (unpaired) electrons. The van der Waals surface area contributed by atoms with Gasteiger partial charge in [0.25, 0.3) is 5.91 Å². The Morgan fingerprint density at radius 3 is 2.52 bits per heavy atom. The van der Waals surface area contributed by atoms with Gasteiger partial charge >= 0.3 is 6.03 Å². The Kier molecular flexibility index (Phi) is 4.86. The molecular formula is C20H27N4O3+. The molecule has 1 aromatic rings. The van der Waals surface area contributed by atoms with E-state index in [9.17, 15) is 14.4 Å². The maximum absolute atomic E-state index is 13.0. The number of quaternary nitrogens is 1. The first-order valence-corrected chi connectivity index (χ1v) is 9.87. The molecule has 0 saturated carbocycles. The van der Waals surface area contributed by atoms with Gasteiger partial charge in [0.05, 0.1) is 25.7 Å². The average Bonchev–Trinajstić information content (AvgIpc) is 2.98. The molecule has 0 unspecified atom stereocenters. The third kappa shape index (κ3) is 3.20. The van der Waals surface area contributed by atoms with Crippen molar-refractivity contribution < 1.29 is 19.7 Å². The first kappa shape index (κ1) is 18.0. The molecule has 1 aromatic carbocycles. The minimum atomic E-state index is -0.545. The van der Waals surface area contributed by atoms with Gasteiger partial charge in [-0.25, -0.2) is 4.79 Å². The molecule has 3 saturated heterocycles. The Bertz CT molecular complexity index is 732. The Hall–Kier alpha value is -2.41. The highest BCUT2D eigenvalue weighted by Gasteiger charge is 2.50. The van der Waals surface area contributed by atoms with Crippen LogP contribution in [0.2, 0.25) is 0 Å². The number of amides is 4. The third-order valence-corrected chi connectivity index (χ3v) is 6.12. The van der Waals surface area contributed by atoms with Gasteiger partial charge in [0.15, 0.2) is 0 Å². The van der Waals surface area contributed by atoms with E-state index in [0.29, 0.717) is 19.6 Å². The van der Waals surface area contributed by atoms with Crippen LogP contribution in [0.1, 0.15) is 31.4 Å². The van der Waals surface area contributed by atoms with Crippen molar-refractivity contribution in [1.29, 1.82) is 0 Å². The van der Waals surface area contributed by atoms with Crippen molar-refractivity contribution in [3.63, 3.8) is 0 Å². The van der Waals surface area contributed by atoms with Crippen LogP contribution in [0, 0.1) is 5.92 Å². The van der Waals surface area contributed by atoms with Gasteiger partial charge in [-0.05, 0) is 12.5 Å². The second-order valence-corrected chi connectivity index (χ2v) is 7.71. The number of carbonyl (C=O) groups excluding carboxylic acids is 3. The fraction of sp³-hybridized carbons (Fsp3) is 0.550. The smallest absolute Gasteiger partial charge is 0.328 e. The minimum Gasteiger partial charge on any atom is -0.346 e. The summed E-state index contributed by atoms with van der Waals surface area (Å²) in [7, 11) is 0. The molecule has 4 amide bonds. The van der Waals surface area contributed by atoms with Crippen molar-refractivity contribution in [2.24, 2.45) is 5.92 Å². The maximum Gasteiger partial charge on any atom is 0.328 e. The molecule has 0 spiro atoms. The van der Waals surface area contributed by atoms with Gasteiger partial charge in [-0.3, -0.25) is 14.5 Å². The van der Waals surface area contributed by atoms with E-state index in [0.717, 1.165) is 31.5 Å². The summed E-state index contributed by atoms with van der Waals surface area (Å²) in [5.74, 6) is 0.0245. The zero-order valence-electron chi connectivity index (χ0n) is 15.7. The topological polar surface area (TPSA) is 77.5 Å². The second-order valence-electron chi connectivity index (χ2n) is 7.71. The Morgan fingerprint density at radius 1 is 1.11 bits per heavy atom. The van der Waals surface area contributed by atoms with E-state index in [2.05, 4.69) is 5.32 Å². The van der Waals surface area contributed by atoms with Crippen LogP contribution in [0.3, 0.4) is 0 Å². The van der Waals surface area contributed by atoms with Gasteiger partial charge < -0.3 is 15.1 Å². The fourth-order valence-electron chi connectivity index (χ4n) is 4.49. The lowest BCUT2D eigenvalue weighted by atomic mass is 9.96. The third-order valence-electron chi connectivity index (χ3n) is 6.12. The molecule has 3 aliphatic rings. The molecule has 3 heterocycles. The van der Waals surface area contributed by atoms with Crippen molar-refractivity contribution in [1.82, 2.24) is 14.7 Å². The fourth-order valence-corrected chi connectivity index (χ4v) is 4.49. The van der Waals surface area contributed by atoms with Gasteiger partial charge in [-0.1, -0.05) is 30.3 Å². The summed E-state index contributed by atoms with van der Waals surface area (Å²) in [6, 6.07) is 8.50. The number of nitrogens with two attached hydrogens (primary N) is 1. The summed E-state index contributed by atoms with van der Waals surface area (Å²) in [5.41, 5.74) is 0.936. The number of piperazine rings is 1. The van der Waals surface area contributed by atoms with E-state index in [-0.39, 0.29) is 29.8 Å². The molecule has 3 fully saturated rings. The van der Waals surface area contributed by atoms with Gasteiger partial charge in [0.1, 0.15) is 6.04 Å². The van der Waals surface area contributed by atoms with Crippen molar-refractivity contribution in [2.45, 2.75) is 31.8 Å². The largest absolute Gasteiger partial charge is 0.346 e. The number of imide groups is 1. The lowest BCUT2D eigenvalue weighted by Gasteiger charge is -2.37. The average molecular weight is 371 g/mol. The van der Waals surface area contributed by atoms with Crippen LogP contribution in [0.4, 0.5) is 4.79 Å². The number of hydrogen-bond donors (Lipinski definition) is 1. The van der Waals surface area contributed by atoms with Crippen LogP contribution in [0.25, 0.3) is 0 Å². The van der Waals surface area contributed by atoms with Crippen molar-refractivity contribution in [2.75, 3.05) is 32.7 Å². The summed E-state index contributed by atoms with van der Waals surface area (Å²) in [6.07, 6.45) is 1.79. The first-order chi connectivity index (χ1) is 13.1. The van der Waals surface area contributed by atoms with E-state index >= 15 is 0 Å². The lowest BCUT2D eigenvalue weighted by molar-refractivity contribution is -0.664. The summed E-state index contributed by atoms with van der Waals surface area (Å²) < 4.78 is 0. The molecule has 7 nitrogen and oxygen atoms in total. The predicted octanol–water partition coefficient (Wildman–Crippen LogP) is 0.196. The van der Waals surface area contributed by atoms with Gasteiger partial charge in [0, 0.05) is 31.8 Å². The first-order valence-electron chi connectivity index (χ1n) is 9.87. The summed E-state index contributed by atoms with van der Waals surface area (Å²) >= 11 is 0. The Morgan fingerprint density at radius 2 is 1.81 bits per heavy atom. The normalized spacial score (nSPS) is 24.9. The molecule has 27 heavy (non-hydrogen) atoms. The second kappa shape index (κ2) is 7.31. The highest BCUT2D eigenvalue weighted by molar-refractivity contribution is 6.05. The van der Waals surface area contributed by atoms with Crippen LogP contribution in [0.15, 0.2) is 30.3 Å². The van der Waals surface area contributed by atoms with E-state index in [1.54, 1.807) is 9.80 Å². The van der Waals surface area contributed by atoms with E-state index < -0.39 is 6.04 Å². The number of carbonyl (C=O) groups is 3. The summed E-state index contributed by atoms with van der Waals surface area (Å²) in [5, 5.41) is 2.24. The quantitative estimate of drug-likeness (QED) is 0.771. The van der Waals surface area contributed by atoms with Crippen molar-refractivity contribution in [3.05, 3.63) is 35.9 Å². The number of piperidine rings is 1. The molecule has 4 rings (SSSR count). The summed E-state index contributed by atoms with van der Waals surface area (Å²) in [6.45, 7) is 5.12. The molecule has 0 bridgehead atoms. The molecular weight excluding hydrogens is 344 g/mol. The van der Waals surface area contributed by atoms with E-state index in [1.807, 2.05) is 37.3 Å². The van der Waals surface area contributed by atoms with Gasteiger partial charge in [-0.2, -0.15) is 0 Å². The molecule has 144 valence electrons. The summed E-state index contributed by atoms with van der Waals surface area (Å²) in [4.78, 5) is 43.6. The number of rotatable bonds is 3. The van der Waals surface area contributed by atoms with Crippen LogP contribution >= 0.6 is 0 Å². The molecule has 0 aromatic heterocycles. The zero-order chi connectivity index (χ0) is 19.0. The molecule has 0 aliphatic carbocycles. The minimum absolute atomic E-state index is 0.0631. The number of benzene rings is 1. The van der Waals surface area contributed by atoms with E-state index in [4.69, 9.17) is 0 Å². The lowest BCUT2D eigenvalue weighted by Crippen LogP contribution is -2.86. The van der Waals surface area contributed by atoms with Crippen LogP contribution in [-0.2, 0) is 9.59 Å². The molecule has 3 aliphatic heterocycles. The standard InChI is InChI=1S/C20H26N4O3/c1-14(15-5-3-2-4-6-15)24-19(26)17-13-22(11-12-23(17)20(24)27)18(25)16-7-9-21-10-8-16/h2-6,14,16-17,21H,7-13H2,1H3/p+1/t14-,17+/m1/s1. The van der Waals surface area contributed by atoms with Crippen LogP contribution in [-0.4, -0.2) is 71.3 Å². The van der Waals surface area contributed by atoms with E-state index in [1.165, 1.54) is 4.90 Å². The molecule has 2 N–H and O–H groups in total. The number of fused-ring (bicyclic) bond motifs is 1. The zero-order valence-corrected chi connectivity index (χ0v) is 15.7. The highest BCUT2D eigenvalue weighted by atomic mass is 16.2. The highest BCUT2D eigenvalue weighted by Crippen LogP contribution is 2.31. The van der Waals surface area contributed by atoms with Crippen molar-refractivity contribution >= 4 is 17.8 Å². The maximum atomic E-state index is 13.0. The SMILES string of the molecule is C[C@H](c1ccccc1)N1C(=O)[C@@H]2CN(C(=O)C3CC[NH2+]CC3)CCN2C1=O. The van der Waals surface area contributed by atoms with Crippen molar-refractivity contribution in [3.8, 4) is 0 Å². The number of hydrogen-bond acceptors (Lipinski definition) is 3.